The second kappa shape index (κ2) is 7.71. The number of carbonyl (C=O) groups is 1. The molecule has 148 valence electrons. The van der Waals surface area contributed by atoms with Crippen LogP contribution in [0, 0.1) is 6.92 Å². The number of nitrogens with zero attached hydrogens (tertiary/aromatic N) is 3. The molecule has 1 aromatic heterocycles. The van der Waals surface area contributed by atoms with E-state index in [1.54, 1.807) is 19.1 Å². The average Bonchev–Trinajstić information content (AvgIpc) is 2.64. The fourth-order valence-corrected chi connectivity index (χ4v) is 3.12. The number of piperidine rings is 1. The summed E-state index contributed by atoms with van der Waals surface area (Å²) in [6.07, 6.45) is -2.27. The van der Waals surface area contributed by atoms with Crippen molar-refractivity contribution in [1.29, 1.82) is 0 Å². The van der Waals surface area contributed by atoms with Crippen LogP contribution in [0.2, 0.25) is 0 Å². The Morgan fingerprint density at radius 3 is 2.61 bits per heavy atom. The summed E-state index contributed by atoms with van der Waals surface area (Å²) in [6.45, 7) is 3.07. The van der Waals surface area contributed by atoms with Crippen LogP contribution in [0.4, 0.5) is 13.2 Å². The van der Waals surface area contributed by atoms with Gasteiger partial charge in [-0.1, -0.05) is 0 Å². The van der Waals surface area contributed by atoms with Crippen LogP contribution in [0.5, 0.6) is 5.75 Å². The molecule has 0 N–H and O–H groups in total. The van der Waals surface area contributed by atoms with E-state index in [0.29, 0.717) is 35.5 Å². The number of hydrogen-bond acceptors (Lipinski definition) is 5. The first kappa shape index (κ1) is 20.0. The van der Waals surface area contributed by atoms with E-state index in [0.717, 1.165) is 24.2 Å². The van der Waals surface area contributed by atoms with Crippen LogP contribution in [0.25, 0.3) is 17.3 Å². The molecule has 0 aliphatic carbocycles. The molecule has 0 saturated carbocycles. The van der Waals surface area contributed by atoms with E-state index in [4.69, 9.17) is 4.74 Å². The molecule has 1 fully saturated rings. The Balaban J connectivity index is 1.96. The molecule has 2 aromatic rings. The van der Waals surface area contributed by atoms with Crippen molar-refractivity contribution < 1.29 is 22.7 Å². The van der Waals surface area contributed by atoms with E-state index < -0.39 is 11.7 Å². The molecule has 0 unspecified atom stereocenters. The van der Waals surface area contributed by atoms with Gasteiger partial charge in [0.15, 0.2) is 5.78 Å². The molecular weight excluding hydrogens is 371 g/mol. The summed E-state index contributed by atoms with van der Waals surface area (Å²) >= 11 is 0. The highest BCUT2D eigenvalue weighted by molar-refractivity contribution is 6.00. The summed E-state index contributed by atoms with van der Waals surface area (Å²) < 4.78 is 43.9. The summed E-state index contributed by atoms with van der Waals surface area (Å²) in [5, 5.41) is 8.32. The summed E-state index contributed by atoms with van der Waals surface area (Å²) in [5.41, 5.74) is 1.98. The lowest BCUT2D eigenvalue weighted by molar-refractivity contribution is -0.137. The Hall–Kier alpha value is -2.74. The highest BCUT2D eigenvalue weighted by Gasteiger charge is 2.31. The molecule has 0 bridgehead atoms. The molecule has 8 heteroatoms. The summed E-state index contributed by atoms with van der Waals surface area (Å²) in [5.74, 6) is 0.161. The minimum absolute atomic E-state index is 0.0717. The lowest BCUT2D eigenvalue weighted by Gasteiger charge is -2.23. The van der Waals surface area contributed by atoms with Crippen molar-refractivity contribution in [3.05, 3.63) is 46.7 Å². The lowest BCUT2D eigenvalue weighted by Crippen LogP contribution is -2.32. The van der Waals surface area contributed by atoms with Gasteiger partial charge < -0.3 is 9.64 Å². The maximum atomic E-state index is 12.9. The van der Waals surface area contributed by atoms with Gasteiger partial charge in [0.2, 0.25) is 0 Å². The van der Waals surface area contributed by atoms with Gasteiger partial charge in [0.25, 0.3) is 0 Å². The van der Waals surface area contributed by atoms with Crippen molar-refractivity contribution in [2.24, 2.45) is 0 Å². The van der Waals surface area contributed by atoms with E-state index in [1.807, 2.05) is 7.05 Å². The van der Waals surface area contributed by atoms with E-state index in [1.165, 1.54) is 13.2 Å². The summed E-state index contributed by atoms with van der Waals surface area (Å²) in [6, 6.07) is 5.03. The van der Waals surface area contributed by atoms with Crippen molar-refractivity contribution in [3.63, 3.8) is 0 Å². The third kappa shape index (κ3) is 4.22. The van der Waals surface area contributed by atoms with Gasteiger partial charge >= 0.3 is 6.18 Å². The number of Topliss-reactive ketones (excluding diaryl/α,β-unsaturated/α-hetero) is 1. The van der Waals surface area contributed by atoms with Crippen LogP contribution in [0.1, 0.15) is 23.2 Å². The zero-order valence-corrected chi connectivity index (χ0v) is 15.8. The molecule has 2 heterocycles. The van der Waals surface area contributed by atoms with E-state index in [-0.39, 0.29) is 11.5 Å². The van der Waals surface area contributed by atoms with Crippen LogP contribution in [-0.2, 0) is 11.0 Å². The number of hydrogen-bond donors (Lipinski definition) is 0. The number of aryl methyl sites for hydroxylation is 1. The number of rotatable bonds is 3. The Morgan fingerprint density at radius 1 is 1.21 bits per heavy atom. The molecule has 1 aliphatic heterocycles. The Morgan fingerprint density at radius 2 is 1.96 bits per heavy atom. The molecule has 28 heavy (non-hydrogen) atoms. The number of benzene rings is 1. The van der Waals surface area contributed by atoms with Crippen LogP contribution >= 0.6 is 0 Å². The summed E-state index contributed by atoms with van der Waals surface area (Å²) in [4.78, 5) is 14.1. The predicted molar refractivity (Wildman–Crippen MR) is 98.9 cm³/mol. The van der Waals surface area contributed by atoms with Gasteiger partial charge in [0, 0.05) is 30.6 Å². The molecule has 0 radical (unpaired) electrons. The first-order valence-corrected chi connectivity index (χ1v) is 8.71. The smallest absolute Gasteiger partial charge is 0.416 e. The number of likely N-dealkylation sites (tertiary alicyclic amines) is 1. The number of methoxy groups -OCH3 is 1. The zero-order valence-electron chi connectivity index (χ0n) is 15.8. The van der Waals surface area contributed by atoms with E-state index >= 15 is 0 Å². The minimum Gasteiger partial charge on any atom is -0.496 e. The first-order chi connectivity index (χ1) is 13.2. The third-order valence-electron chi connectivity index (χ3n) is 4.63. The Kier molecular flexibility index (Phi) is 5.51. The second-order valence-corrected chi connectivity index (χ2v) is 6.79. The maximum absolute atomic E-state index is 12.9. The fourth-order valence-electron chi connectivity index (χ4n) is 3.12. The van der Waals surface area contributed by atoms with Gasteiger partial charge in [-0.25, -0.2) is 0 Å². The minimum atomic E-state index is -4.46. The van der Waals surface area contributed by atoms with Gasteiger partial charge in [-0.2, -0.15) is 18.3 Å². The van der Waals surface area contributed by atoms with Crippen molar-refractivity contribution in [2.75, 3.05) is 27.2 Å². The molecule has 5 nitrogen and oxygen atoms in total. The fraction of sp³-hybridized carbons (Fsp3) is 0.350. The predicted octanol–water partition coefficient (Wildman–Crippen LogP) is 3.77. The molecule has 1 aliphatic rings. The second-order valence-electron chi connectivity index (χ2n) is 6.79. The summed E-state index contributed by atoms with van der Waals surface area (Å²) in [7, 11) is 3.25. The Labute approximate surface area is 160 Å². The number of halogens is 3. The van der Waals surface area contributed by atoms with E-state index in [9.17, 15) is 18.0 Å². The molecule has 0 atom stereocenters. The first-order valence-electron chi connectivity index (χ1n) is 8.71. The van der Waals surface area contributed by atoms with Crippen molar-refractivity contribution in [2.45, 2.75) is 19.5 Å². The highest BCUT2D eigenvalue weighted by Crippen LogP contribution is 2.37. The van der Waals surface area contributed by atoms with Gasteiger partial charge in [0.1, 0.15) is 5.75 Å². The van der Waals surface area contributed by atoms with Gasteiger partial charge in [-0.15, -0.1) is 5.10 Å². The largest absolute Gasteiger partial charge is 0.496 e. The zero-order chi connectivity index (χ0) is 20.5. The SMILES string of the molecule is COc1cc(C(F)(F)F)ccc1-c1nnc(C=C2CN(C)CCC2=O)cc1C. The third-order valence-corrected chi connectivity index (χ3v) is 4.63. The monoisotopic (exact) mass is 391 g/mol. The number of ether oxygens (including phenoxy) is 1. The quantitative estimate of drug-likeness (QED) is 0.746. The number of likely N-dealkylation sites (N-methyl/N-ethyl adjacent to an activating group) is 1. The van der Waals surface area contributed by atoms with E-state index in [2.05, 4.69) is 15.1 Å². The molecule has 0 spiro atoms. The van der Waals surface area contributed by atoms with Crippen molar-refractivity contribution in [3.8, 4) is 17.0 Å². The number of ketones is 1. The highest BCUT2D eigenvalue weighted by atomic mass is 19.4. The normalized spacial score (nSPS) is 17.2. The van der Waals surface area contributed by atoms with Crippen LogP contribution in [0.15, 0.2) is 29.8 Å². The average molecular weight is 391 g/mol. The number of alkyl halides is 3. The standard InChI is InChI=1S/C20H20F3N3O2/c1-12-8-15(9-13-11-26(2)7-6-17(13)27)24-25-19(12)16-5-4-14(20(21,22)23)10-18(16)28-3/h4-5,8-10H,6-7,11H2,1-3H3. The molecular formula is C20H20F3N3O2. The topological polar surface area (TPSA) is 55.3 Å². The molecule has 1 saturated heterocycles. The van der Waals surface area contributed by atoms with Crippen LogP contribution in [0.3, 0.4) is 0 Å². The van der Waals surface area contributed by atoms with Gasteiger partial charge in [-0.3, -0.25) is 4.79 Å². The molecule has 3 rings (SSSR count). The lowest BCUT2D eigenvalue weighted by atomic mass is 10.0. The number of carbonyl (C=O) groups excluding carboxylic acids is 1. The maximum Gasteiger partial charge on any atom is 0.416 e. The van der Waals surface area contributed by atoms with Crippen molar-refractivity contribution >= 4 is 11.9 Å². The Bertz CT molecular complexity index is 939. The van der Waals surface area contributed by atoms with Crippen LogP contribution < -0.4 is 4.74 Å². The van der Waals surface area contributed by atoms with Crippen molar-refractivity contribution in [1.82, 2.24) is 15.1 Å². The number of aromatic nitrogens is 2. The van der Waals surface area contributed by atoms with Gasteiger partial charge in [0.05, 0.1) is 24.1 Å². The van der Waals surface area contributed by atoms with Crippen LogP contribution in [-0.4, -0.2) is 48.1 Å². The molecule has 0 amide bonds. The molecule has 1 aromatic carbocycles. The van der Waals surface area contributed by atoms with Gasteiger partial charge in [-0.05, 0) is 49.9 Å².